The van der Waals surface area contributed by atoms with E-state index in [1.54, 1.807) is 0 Å². The first-order valence-corrected chi connectivity index (χ1v) is 7.62. The number of hydrogen-bond acceptors (Lipinski definition) is 3. The first kappa shape index (κ1) is 13.7. The number of hydrogen-bond donors (Lipinski definition) is 0. The summed E-state index contributed by atoms with van der Waals surface area (Å²) in [5, 5.41) is 0. The van der Waals surface area contributed by atoms with Gasteiger partial charge in [-0.1, -0.05) is 18.2 Å². The summed E-state index contributed by atoms with van der Waals surface area (Å²) in [6.07, 6.45) is 3.87. The van der Waals surface area contributed by atoms with E-state index in [1.165, 1.54) is 4.90 Å². The normalized spacial score (nSPS) is 39.0. The predicted molar refractivity (Wildman–Crippen MR) is 82.4 cm³/mol. The van der Waals surface area contributed by atoms with Crippen LogP contribution in [0.5, 0.6) is 0 Å². The van der Waals surface area contributed by atoms with E-state index in [-0.39, 0.29) is 11.8 Å². The molecule has 2 amide bonds. The van der Waals surface area contributed by atoms with E-state index >= 15 is 0 Å². The molecule has 3 heterocycles. The number of carbonyl (C=O) groups is 2. The highest BCUT2D eigenvalue weighted by atomic mass is 16.5. The van der Waals surface area contributed by atoms with Crippen molar-refractivity contribution in [3.05, 3.63) is 41.5 Å². The zero-order valence-corrected chi connectivity index (χ0v) is 13.2. The zero-order chi connectivity index (χ0) is 15.9. The van der Waals surface area contributed by atoms with Crippen molar-refractivity contribution in [3.63, 3.8) is 0 Å². The Kier molecular flexibility index (Phi) is 2.41. The van der Waals surface area contributed by atoms with Gasteiger partial charge in [0.05, 0.1) is 28.7 Å². The summed E-state index contributed by atoms with van der Waals surface area (Å²) in [7, 11) is 0. The van der Waals surface area contributed by atoms with E-state index in [4.69, 9.17) is 4.74 Å². The van der Waals surface area contributed by atoms with Crippen LogP contribution < -0.4 is 4.90 Å². The van der Waals surface area contributed by atoms with Crippen LogP contribution in [-0.2, 0) is 14.3 Å². The van der Waals surface area contributed by atoms with Crippen molar-refractivity contribution in [2.45, 2.75) is 38.9 Å². The second-order valence-electron chi connectivity index (χ2n) is 7.04. The summed E-state index contributed by atoms with van der Waals surface area (Å²) in [6.45, 7) is 7.80. The van der Waals surface area contributed by atoms with Gasteiger partial charge < -0.3 is 4.74 Å². The van der Waals surface area contributed by atoms with Gasteiger partial charge in [0.1, 0.15) is 0 Å². The van der Waals surface area contributed by atoms with E-state index in [9.17, 15) is 9.59 Å². The van der Waals surface area contributed by atoms with Crippen LogP contribution in [0.3, 0.4) is 0 Å². The Labute approximate surface area is 129 Å². The van der Waals surface area contributed by atoms with Gasteiger partial charge in [-0.3, -0.25) is 9.59 Å². The third-order valence-electron chi connectivity index (χ3n) is 5.47. The molecule has 0 aliphatic carbocycles. The smallest absolute Gasteiger partial charge is 0.241 e. The average molecular weight is 297 g/mol. The molecule has 4 rings (SSSR count). The maximum Gasteiger partial charge on any atom is 0.241 e. The number of rotatable bonds is 1. The van der Waals surface area contributed by atoms with Crippen molar-refractivity contribution >= 4 is 17.5 Å². The summed E-state index contributed by atoms with van der Waals surface area (Å²) in [6, 6.07) is 5.71. The van der Waals surface area contributed by atoms with E-state index in [0.717, 1.165) is 11.1 Å². The number of benzene rings is 1. The highest BCUT2D eigenvalue weighted by molar-refractivity contribution is 6.23. The lowest BCUT2D eigenvalue weighted by atomic mass is 9.73. The molecule has 1 aromatic rings. The van der Waals surface area contributed by atoms with Gasteiger partial charge >= 0.3 is 0 Å². The van der Waals surface area contributed by atoms with Gasteiger partial charge in [-0.05, 0) is 51.0 Å². The van der Waals surface area contributed by atoms with Gasteiger partial charge in [0.2, 0.25) is 11.8 Å². The second kappa shape index (κ2) is 3.87. The fourth-order valence-electron chi connectivity index (χ4n) is 4.15. The molecule has 2 fully saturated rings. The molecule has 1 aromatic carbocycles. The molecule has 0 saturated carbocycles. The summed E-state index contributed by atoms with van der Waals surface area (Å²) in [5.74, 6) is -1.13. The van der Waals surface area contributed by atoms with Gasteiger partial charge in [0.25, 0.3) is 0 Å². The van der Waals surface area contributed by atoms with Crippen LogP contribution in [0, 0.1) is 25.7 Å². The lowest BCUT2D eigenvalue weighted by Crippen LogP contribution is -2.39. The Morgan fingerprint density at radius 2 is 1.50 bits per heavy atom. The van der Waals surface area contributed by atoms with E-state index in [2.05, 4.69) is 0 Å². The lowest BCUT2D eigenvalue weighted by Gasteiger charge is -2.25. The first-order valence-electron chi connectivity index (χ1n) is 7.62. The van der Waals surface area contributed by atoms with Crippen LogP contribution in [0.15, 0.2) is 30.4 Å². The van der Waals surface area contributed by atoms with Gasteiger partial charge in [-0.2, -0.15) is 0 Å². The summed E-state index contributed by atoms with van der Waals surface area (Å²) in [4.78, 5) is 27.2. The van der Waals surface area contributed by atoms with Crippen LogP contribution in [0.1, 0.15) is 25.0 Å². The predicted octanol–water partition coefficient (Wildman–Crippen LogP) is 2.53. The molecule has 22 heavy (non-hydrogen) atoms. The van der Waals surface area contributed by atoms with E-state index < -0.39 is 23.0 Å². The highest BCUT2D eigenvalue weighted by Crippen LogP contribution is 2.57. The largest absolute Gasteiger partial charge is 0.359 e. The number of nitrogens with zero attached hydrogens (tertiary/aromatic N) is 1. The molecule has 114 valence electrons. The Hall–Kier alpha value is -1.94. The number of imide groups is 1. The minimum Gasteiger partial charge on any atom is -0.359 e. The Balaban J connectivity index is 1.81. The quantitative estimate of drug-likeness (QED) is 0.591. The van der Waals surface area contributed by atoms with Crippen molar-refractivity contribution in [1.29, 1.82) is 0 Å². The highest BCUT2D eigenvalue weighted by Gasteiger charge is 2.70. The molecule has 0 N–H and O–H groups in total. The maximum atomic E-state index is 12.9. The van der Waals surface area contributed by atoms with Crippen molar-refractivity contribution in [2.24, 2.45) is 11.8 Å². The van der Waals surface area contributed by atoms with Crippen LogP contribution in [-0.4, -0.2) is 23.0 Å². The number of fused-ring (bicyclic) bond motifs is 5. The van der Waals surface area contributed by atoms with Gasteiger partial charge in [0.15, 0.2) is 0 Å². The fourth-order valence-corrected chi connectivity index (χ4v) is 4.15. The lowest BCUT2D eigenvalue weighted by molar-refractivity contribution is -0.128. The zero-order valence-electron chi connectivity index (χ0n) is 13.2. The Morgan fingerprint density at radius 3 is 2.00 bits per heavy atom. The van der Waals surface area contributed by atoms with Crippen LogP contribution >= 0.6 is 0 Å². The third-order valence-corrected chi connectivity index (χ3v) is 5.47. The molecule has 2 saturated heterocycles. The summed E-state index contributed by atoms with van der Waals surface area (Å²) < 4.78 is 6.00. The minimum atomic E-state index is -0.666. The first-order chi connectivity index (χ1) is 10.3. The number of aryl methyl sites for hydroxylation is 2. The molecule has 0 spiro atoms. The molecule has 4 heteroatoms. The third kappa shape index (κ3) is 1.46. The van der Waals surface area contributed by atoms with Gasteiger partial charge in [-0.25, -0.2) is 4.90 Å². The maximum absolute atomic E-state index is 12.9. The SMILES string of the molecule is Cc1ccc(N2C(=O)[C@H]3[C@H](C2=O)[C@@]2(C)C=C[C@@]3(C)O2)cc1C. The standard InChI is InChI=1S/C18H19NO3/c1-10-5-6-12(9-11(10)2)19-15(20)13-14(16(19)21)18(4)8-7-17(13,3)22-18/h5-9,13-14H,1-4H3/t13-,14-,17-,18-/m1/s1. The Bertz CT molecular complexity index is 717. The molecule has 4 atom stereocenters. The monoisotopic (exact) mass is 297 g/mol. The molecule has 3 aliphatic heterocycles. The number of amides is 2. The number of carbonyl (C=O) groups excluding carboxylic acids is 2. The molecule has 0 aromatic heterocycles. The van der Waals surface area contributed by atoms with Crippen LogP contribution in [0.4, 0.5) is 5.69 Å². The molecular formula is C18H19NO3. The van der Waals surface area contributed by atoms with Crippen molar-refractivity contribution in [3.8, 4) is 0 Å². The number of ether oxygens (including phenoxy) is 1. The average Bonchev–Trinajstić information content (AvgIpc) is 2.99. The Morgan fingerprint density at radius 1 is 0.955 bits per heavy atom. The van der Waals surface area contributed by atoms with Crippen LogP contribution in [0.25, 0.3) is 0 Å². The molecule has 3 aliphatic rings. The van der Waals surface area contributed by atoms with Gasteiger partial charge in [0, 0.05) is 0 Å². The van der Waals surface area contributed by atoms with Crippen molar-refractivity contribution < 1.29 is 14.3 Å². The van der Waals surface area contributed by atoms with Crippen molar-refractivity contribution in [2.75, 3.05) is 4.90 Å². The van der Waals surface area contributed by atoms with Crippen molar-refractivity contribution in [1.82, 2.24) is 0 Å². The molecule has 4 nitrogen and oxygen atoms in total. The topological polar surface area (TPSA) is 46.6 Å². The molecule has 0 radical (unpaired) electrons. The van der Waals surface area contributed by atoms with E-state index in [0.29, 0.717) is 5.69 Å². The fraction of sp³-hybridized carbons (Fsp3) is 0.444. The number of anilines is 1. The second-order valence-corrected chi connectivity index (χ2v) is 7.04. The van der Waals surface area contributed by atoms with E-state index in [1.807, 2.05) is 58.0 Å². The van der Waals surface area contributed by atoms with Gasteiger partial charge in [-0.15, -0.1) is 0 Å². The minimum absolute atomic E-state index is 0.145. The summed E-state index contributed by atoms with van der Waals surface area (Å²) >= 11 is 0. The summed E-state index contributed by atoms with van der Waals surface area (Å²) in [5.41, 5.74) is 1.55. The molecule has 2 bridgehead atoms. The van der Waals surface area contributed by atoms with Crippen LogP contribution in [0.2, 0.25) is 0 Å². The molecule has 0 unspecified atom stereocenters. The molecular weight excluding hydrogens is 278 g/mol.